The van der Waals surface area contributed by atoms with Gasteiger partial charge in [-0.25, -0.2) is 0 Å². The van der Waals surface area contributed by atoms with Crippen molar-refractivity contribution in [2.75, 3.05) is 0 Å². The Morgan fingerprint density at radius 1 is 1.11 bits per heavy atom. The summed E-state index contributed by atoms with van der Waals surface area (Å²) in [4.78, 5) is 23.4. The van der Waals surface area contributed by atoms with E-state index in [4.69, 9.17) is 0 Å². The third kappa shape index (κ3) is 4.18. The molecular formula is C17H18O2. The molecule has 0 aromatic heterocycles. The van der Waals surface area contributed by atoms with Gasteiger partial charge in [-0.05, 0) is 19.1 Å². The maximum atomic E-state index is 11.8. The van der Waals surface area contributed by atoms with Crippen molar-refractivity contribution in [3.8, 4) is 0 Å². The van der Waals surface area contributed by atoms with Crippen molar-refractivity contribution >= 4 is 11.6 Å². The van der Waals surface area contributed by atoms with Gasteiger partial charge in [0.05, 0.1) is 11.8 Å². The lowest BCUT2D eigenvalue weighted by Gasteiger charge is -2.19. The second-order valence-electron chi connectivity index (χ2n) is 4.32. The molecule has 98 valence electrons. The minimum Gasteiger partial charge on any atom is -0.294 e. The number of allylic oxidation sites excluding steroid dienone is 10. The fourth-order valence-corrected chi connectivity index (χ4v) is 1.85. The average Bonchev–Trinajstić information content (AvgIpc) is 2.38. The fraction of sp³-hybridized carbons (Fsp3) is 0.176. The molecule has 0 fully saturated rings. The number of rotatable bonds is 5. The van der Waals surface area contributed by atoms with Gasteiger partial charge in [-0.1, -0.05) is 54.7 Å². The largest absolute Gasteiger partial charge is 0.294 e. The number of carbonyl (C=O) groups is 2. The van der Waals surface area contributed by atoms with Crippen molar-refractivity contribution in [3.63, 3.8) is 0 Å². The zero-order chi connectivity index (χ0) is 14.3. The van der Waals surface area contributed by atoms with Crippen LogP contribution in [0.5, 0.6) is 0 Å². The number of carbonyl (C=O) groups excluding carboxylic acids is 2. The first-order chi connectivity index (χ1) is 9.10. The highest BCUT2D eigenvalue weighted by Crippen LogP contribution is 2.22. The van der Waals surface area contributed by atoms with Crippen molar-refractivity contribution in [1.29, 1.82) is 0 Å². The van der Waals surface area contributed by atoms with E-state index < -0.39 is 11.8 Å². The summed E-state index contributed by atoms with van der Waals surface area (Å²) in [6.45, 7) is 9.19. The Labute approximate surface area is 114 Å². The quantitative estimate of drug-likeness (QED) is 0.557. The highest BCUT2D eigenvalue weighted by molar-refractivity contribution is 6.08. The summed E-state index contributed by atoms with van der Waals surface area (Å²) < 4.78 is 0. The summed E-state index contributed by atoms with van der Waals surface area (Å²) in [5, 5.41) is 0. The Morgan fingerprint density at radius 3 is 2.32 bits per heavy atom. The topological polar surface area (TPSA) is 34.1 Å². The molecule has 19 heavy (non-hydrogen) atoms. The van der Waals surface area contributed by atoms with Gasteiger partial charge in [0.2, 0.25) is 0 Å². The van der Waals surface area contributed by atoms with Gasteiger partial charge >= 0.3 is 0 Å². The van der Waals surface area contributed by atoms with Gasteiger partial charge in [0, 0.05) is 0 Å². The van der Waals surface area contributed by atoms with E-state index in [1.54, 1.807) is 18.2 Å². The normalized spacial score (nSPS) is 24.4. The Balaban J connectivity index is 2.79. The van der Waals surface area contributed by atoms with Crippen LogP contribution < -0.4 is 0 Å². The van der Waals surface area contributed by atoms with Crippen LogP contribution in [0.25, 0.3) is 0 Å². The SMILES string of the molecule is C=C\C=C(C)/C=C\C=C/C1C(=O)C=CC(=O)C1C=C. The first-order valence-corrected chi connectivity index (χ1v) is 6.12. The lowest BCUT2D eigenvalue weighted by atomic mass is 9.81. The molecular weight excluding hydrogens is 236 g/mol. The summed E-state index contributed by atoms with van der Waals surface area (Å²) in [6, 6.07) is 0. The molecule has 1 aliphatic carbocycles. The summed E-state index contributed by atoms with van der Waals surface area (Å²) in [6.07, 6.45) is 15.1. The van der Waals surface area contributed by atoms with Crippen LogP contribution in [-0.2, 0) is 9.59 Å². The van der Waals surface area contributed by atoms with Gasteiger partial charge in [-0.15, -0.1) is 6.58 Å². The minimum atomic E-state index is -0.452. The Bertz CT molecular complexity index is 501. The summed E-state index contributed by atoms with van der Waals surface area (Å²) in [5.74, 6) is -1.03. The number of ketones is 2. The van der Waals surface area contributed by atoms with E-state index in [9.17, 15) is 9.59 Å². The molecule has 2 heteroatoms. The average molecular weight is 254 g/mol. The Hall–Kier alpha value is -2.22. The first kappa shape index (κ1) is 14.8. The van der Waals surface area contributed by atoms with Gasteiger partial charge in [-0.2, -0.15) is 0 Å². The molecule has 2 unspecified atom stereocenters. The van der Waals surface area contributed by atoms with Crippen molar-refractivity contribution in [1.82, 2.24) is 0 Å². The number of hydrogen-bond donors (Lipinski definition) is 0. The lowest BCUT2D eigenvalue weighted by molar-refractivity contribution is -0.125. The molecule has 0 amide bonds. The van der Waals surface area contributed by atoms with E-state index in [1.807, 2.05) is 25.2 Å². The molecule has 0 saturated heterocycles. The molecule has 0 bridgehead atoms. The molecule has 0 aromatic carbocycles. The lowest BCUT2D eigenvalue weighted by Crippen LogP contribution is -2.29. The van der Waals surface area contributed by atoms with E-state index in [1.165, 1.54) is 18.2 Å². The number of hydrogen-bond acceptors (Lipinski definition) is 2. The van der Waals surface area contributed by atoms with Crippen LogP contribution in [0.4, 0.5) is 0 Å². The molecule has 0 radical (unpaired) electrons. The molecule has 2 atom stereocenters. The smallest absolute Gasteiger partial charge is 0.163 e. The van der Waals surface area contributed by atoms with E-state index in [2.05, 4.69) is 13.2 Å². The molecule has 1 aliphatic rings. The molecule has 0 heterocycles. The molecule has 0 spiro atoms. The summed E-state index contributed by atoms with van der Waals surface area (Å²) in [7, 11) is 0. The zero-order valence-corrected chi connectivity index (χ0v) is 11.1. The maximum Gasteiger partial charge on any atom is 0.163 e. The molecule has 0 aromatic rings. The van der Waals surface area contributed by atoms with Gasteiger partial charge in [0.15, 0.2) is 11.6 Å². The van der Waals surface area contributed by atoms with Gasteiger partial charge < -0.3 is 0 Å². The second-order valence-corrected chi connectivity index (χ2v) is 4.32. The minimum absolute atomic E-state index is 0.0625. The summed E-state index contributed by atoms with van der Waals surface area (Å²) >= 11 is 0. The maximum absolute atomic E-state index is 11.8. The van der Waals surface area contributed by atoms with Crippen molar-refractivity contribution in [2.24, 2.45) is 11.8 Å². The highest BCUT2D eigenvalue weighted by atomic mass is 16.1. The van der Waals surface area contributed by atoms with Crippen molar-refractivity contribution in [3.05, 3.63) is 73.4 Å². The summed E-state index contributed by atoms with van der Waals surface area (Å²) in [5.41, 5.74) is 1.06. The monoisotopic (exact) mass is 254 g/mol. The van der Waals surface area contributed by atoms with Crippen LogP contribution in [0.2, 0.25) is 0 Å². The van der Waals surface area contributed by atoms with Crippen LogP contribution >= 0.6 is 0 Å². The van der Waals surface area contributed by atoms with Gasteiger partial charge in [0.25, 0.3) is 0 Å². The first-order valence-electron chi connectivity index (χ1n) is 6.12. The zero-order valence-electron chi connectivity index (χ0n) is 11.1. The van der Waals surface area contributed by atoms with Crippen LogP contribution in [-0.4, -0.2) is 11.6 Å². The third-order valence-electron chi connectivity index (χ3n) is 2.88. The fourth-order valence-electron chi connectivity index (χ4n) is 1.85. The predicted molar refractivity (Wildman–Crippen MR) is 78.6 cm³/mol. The second kappa shape index (κ2) is 7.27. The van der Waals surface area contributed by atoms with E-state index in [0.29, 0.717) is 0 Å². The van der Waals surface area contributed by atoms with Crippen LogP contribution in [0, 0.1) is 11.8 Å². The Kier molecular flexibility index (Phi) is 5.68. The van der Waals surface area contributed by atoms with E-state index >= 15 is 0 Å². The van der Waals surface area contributed by atoms with Gasteiger partial charge in [-0.3, -0.25) is 9.59 Å². The molecule has 0 N–H and O–H groups in total. The van der Waals surface area contributed by atoms with Crippen LogP contribution in [0.1, 0.15) is 6.92 Å². The van der Waals surface area contributed by atoms with E-state index in [-0.39, 0.29) is 11.6 Å². The van der Waals surface area contributed by atoms with Crippen LogP contribution in [0.3, 0.4) is 0 Å². The molecule has 0 aliphatic heterocycles. The Morgan fingerprint density at radius 2 is 1.74 bits per heavy atom. The standard InChI is InChI=1S/C17H18O2/c1-4-8-13(3)9-6-7-10-15-14(5-2)16(18)11-12-17(15)19/h4-12,14-15H,1-2H2,3H3/b9-6-,10-7-,13-8-. The predicted octanol–water partition coefficient (Wildman–Crippen LogP) is 3.36. The molecule has 2 nitrogen and oxygen atoms in total. The third-order valence-corrected chi connectivity index (χ3v) is 2.88. The van der Waals surface area contributed by atoms with Crippen molar-refractivity contribution < 1.29 is 9.59 Å². The highest BCUT2D eigenvalue weighted by Gasteiger charge is 2.30. The van der Waals surface area contributed by atoms with Crippen molar-refractivity contribution in [2.45, 2.75) is 6.92 Å². The molecule has 1 rings (SSSR count). The van der Waals surface area contributed by atoms with Crippen LogP contribution in [0.15, 0.2) is 73.4 Å². The van der Waals surface area contributed by atoms with E-state index in [0.717, 1.165) is 5.57 Å². The molecule has 0 saturated carbocycles. The van der Waals surface area contributed by atoms with Gasteiger partial charge in [0.1, 0.15) is 0 Å².